The summed E-state index contributed by atoms with van der Waals surface area (Å²) in [5.74, 6) is 0.486. The molecule has 0 aliphatic carbocycles. The molecule has 0 saturated carbocycles. The van der Waals surface area contributed by atoms with Crippen LogP contribution < -0.4 is 10.5 Å². The van der Waals surface area contributed by atoms with Gasteiger partial charge in [-0.3, -0.25) is 4.79 Å². The molecule has 0 radical (unpaired) electrons. The van der Waals surface area contributed by atoms with E-state index in [0.717, 1.165) is 30.5 Å². The van der Waals surface area contributed by atoms with Gasteiger partial charge in [0.25, 0.3) is 5.91 Å². The predicted molar refractivity (Wildman–Crippen MR) is 103 cm³/mol. The lowest BCUT2D eigenvalue weighted by Crippen LogP contribution is -2.42. The first-order valence-electron chi connectivity index (χ1n) is 8.16. The number of rotatable bonds is 5. The number of likely N-dealkylation sites (tertiary alicyclic amines) is 1. The number of nitrogens with zero attached hydrogens (tertiary/aromatic N) is 1. The molecule has 1 amide bonds. The van der Waals surface area contributed by atoms with Crippen LogP contribution in [0.25, 0.3) is 11.1 Å². The zero-order valence-corrected chi connectivity index (χ0v) is 15.4. The summed E-state index contributed by atoms with van der Waals surface area (Å²) in [6.45, 7) is 1.24. The van der Waals surface area contributed by atoms with Crippen molar-refractivity contribution in [2.24, 2.45) is 5.73 Å². The predicted octanol–water partition coefficient (Wildman–Crippen LogP) is 3.76. The maximum absolute atomic E-state index is 12.3. The van der Waals surface area contributed by atoms with E-state index in [4.69, 9.17) is 22.1 Å². The van der Waals surface area contributed by atoms with Crippen LogP contribution in [0.4, 0.5) is 0 Å². The highest BCUT2D eigenvalue weighted by molar-refractivity contribution is 6.32. The van der Waals surface area contributed by atoms with Crippen LogP contribution in [0.1, 0.15) is 12.8 Å². The van der Waals surface area contributed by atoms with Crippen LogP contribution >= 0.6 is 24.0 Å². The zero-order valence-electron chi connectivity index (χ0n) is 13.9. The van der Waals surface area contributed by atoms with Crippen LogP contribution in [-0.2, 0) is 4.79 Å². The zero-order chi connectivity index (χ0) is 16.9. The van der Waals surface area contributed by atoms with Crippen molar-refractivity contribution in [1.82, 2.24) is 4.90 Å². The molecule has 3 rings (SSSR count). The molecule has 1 aliphatic heterocycles. The summed E-state index contributed by atoms with van der Waals surface area (Å²) >= 11 is 6.31. The van der Waals surface area contributed by atoms with Crippen molar-refractivity contribution in [2.75, 3.05) is 19.7 Å². The second-order valence-electron chi connectivity index (χ2n) is 5.92. The van der Waals surface area contributed by atoms with Gasteiger partial charge < -0.3 is 15.4 Å². The highest BCUT2D eigenvalue weighted by Crippen LogP contribution is 2.30. The second-order valence-corrected chi connectivity index (χ2v) is 6.33. The van der Waals surface area contributed by atoms with Gasteiger partial charge in [-0.15, -0.1) is 12.4 Å². The van der Waals surface area contributed by atoms with Gasteiger partial charge in [-0.25, -0.2) is 0 Å². The van der Waals surface area contributed by atoms with E-state index in [-0.39, 0.29) is 31.0 Å². The van der Waals surface area contributed by atoms with Gasteiger partial charge in [-0.05, 0) is 36.1 Å². The number of carbonyl (C=O) groups excluding carboxylic acids is 1. The van der Waals surface area contributed by atoms with E-state index in [9.17, 15) is 4.79 Å². The lowest BCUT2D eigenvalue weighted by atomic mass is 10.1. The van der Waals surface area contributed by atoms with Crippen LogP contribution in [0.2, 0.25) is 5.02 Å². The van der Waals surface area contributed by atoms with E-state index in [2.05, 4.69) is 0 Å². The van der Waals surface area contributed by atoms with E-state index >= 15 is 0 Å². The molecular weight excluding hydrogens is 359 g/mol. The standard InChI is InChI=1S/C19H21ClN2O2.ClH/c20-17-11-15(14-5-2-1-3-6-14)8-9-18(17)24-13-19(23)22-10-4-7-16(22)12-21;/h1-3,5-6,8-9,11,16H,4,7,10,12-13,21H2;1H. The first-order chi connectivity index (χ1) is 11.7. The van der Waals surface area contributed by atoms with Crippen molar-refractivity contribution in [1.29, 1.82) is 0 Å². The van der Waals surface area contributed by atoms with Crippen LogP contribution in [0.3, 0.4) is 0 Å². The summed E-state index contributed by atoms with van der Waals surface area (Å²) in [7, 11) is 0. The smallest absolute Gasteiger partial charge is 0.260 e. The number of carbonyl (C=O) groups is 1. The first kappa shape index (κ1) is 19.6. The number of hydrogen-bond donors (Lipinski definition) is 1. The minimum Gasteiger partial charge on any atom is -0.482 e. The quantitative estimate of drug-likeness (QED) is 0.858. The summed E-state index contributed by atoms with van der Waals surface area (Å²) in [5.41, 5.74) is 7.81. The molecule has 134 valence electrons. The molecule has 6 heteroatoms. The summed E-state index contributed by atoms with van der Waals surface area (Å²) in [6.07, 6.45) is 1.97. The number of amides is 1. The number of hydrogen-bond acceptors (Lipinski definition) is 3. The average molecular weight is 381 g/mol. The van der Waals surface area contributed by atoms with Gasteiger partial charge in [0.15, 0.2) is 6.61 Å². The minimum absolute atomic E-state index is 0. The van der Waals surface area contributed by atoms with E-state index in [1.165, 1.54) is 0 Å². The monoisotopic (exact) mass is 380 g/mol. The highest BCUT2D eigenvalue weighted by atomic mass is 35.5. The Morgan fingerprint density at radius 1 is 1.20 bits per heavy atom. The fourth-order valence-corrected chi connectivity index (χ4v) is 3.29. The molecule has 0 bridgehead atoms. The first-order valence-corrected chi connectivity index (χ1v) is 8.54. The van der Waals surface area contributed by atoms with Gasteiger partial charge in [0.2, 0.25) is 0 Å². The fourth-order valence-electron chi connectivity index (χ4n) is 3.06. The van der Waals surface area contributed by atoms with Crippen LogP contribution in [-0.4, -0.2) is 36.5 Å². The molecular formula is C19H22Cl2N2O2. The van der Waals surface area contributed by atoms with Crippen molar-refractivity contribution in [3.8, 4) is 16.9 Å². The molecule has 1 aliphatic rings. The molecule has 2 aromatic rings. The van der Waals surface area contributed by atoms with Crippen molar-refractivity contribution in [3.05, 3.63) is 53.6 Å². The molecule has 1 unspecified atom stereocenters. The number of benzene rings is 2. The Kier molecular flexibility index (Phi) is 7.12. The Morgan fingerprint density at radius 2 is 1.96 bits per heavy atom. The summed E-state index contributed by atoms with van der Waals surface area (Å²) < 4.78 is 5.63. The Balaban J connectivity index is 0.00000225. The van der Waals surface area contributed by atoms with Crippen molar-refractivity contribution in [2.45, 2.75) is 18.9 Å². The Morgan fingerprint density at radius 3 is 2.64 bits per heavy atom. The van der Waals surface area contributed by atoms with Gasteiger partial charge in [-0.2, -0.15) is 0 Å². The van der Waals surface area contributed by atoms with Crippen LogP contribution in [0, 0.1) is 0 Å². The molecule has 0 spiro atoms. The van der Waals surface area contributed by atoms with Crippen molar-refractivity contribution in [3.63, 3.8) is 0 Å². The second kappa shape index (κ2) is 9.09. The molecule has 2 N–H and O–H groups in total. The third-order valence-electron chi connectivity index (χ3n) is 4.36. The average Bonchev–Trinajstić information content (AvgIpc) is 3.10. The van der Waals surface area contributed by atoms with Crippen LogP contribution in [0.5, 0.6) is 5.75 Å². The van der Waals surface area contributed by atoms with Gasteiger partial charge in [0, 0.05) is 19.1 Å². The van der Waals surface area contributed by atoms with Crippen molar-refractivity contribution < 1.29 is 9.53 Å². The third kappa shape index (κ3) is 4.66. The number of ether oxygens (including phenoxy) is 1. The molecule has 1 fully saturated rings. The molecule has 2 aromatic carbocycles. The third-order valence-corrected chi connectivity index (χ3v) is 4.66. The Hall–Kier alpha value is -1.75. The molecule has 1 saturated heterocycles. The topological polar surface area (TPSA) is 55.6 Å². The maximum atomic E-state index is 12.3. The van der Waals surface area contributed by atoms with Gasteiger partial charge in [-0.1, -0.05) is 48.0 Å². The van der Waals surface area contributed by atoms with Gasteiger partial charge >= 0.3 is 0 Å². The molecule has 1 atom stereocenters. The van der Waals surface area contributed by atoms with Crippen LogP contribution in [0.15, 0.2) is 48.5 Å². The lowest BCUT2D eigenvalue weighted by Gasteiger charge is -2.23. The number of halogens is 2. The highest BCUT2D eigenvalue weighted by Gasteiger charge is 2.27. The fraction of sp³-hybridized carbons (Fsp3) is 0.316. The van der Waals surface area contributed by atoms with E-state index < -0.39 is 0 Å². The normalized spacial score (nSPS) is 16.4. The molecule has 4 nitrogen and oxygen atoms in total. The van der Waals surface area contributed by atoms with Gasteiger partial charge in [0.1, 0.15) is 5.75 Å². The van der Waals surface area contributed by atoms with E-state index in [0.29, 0.717) is 17.3 Å². The van der Waals surface area contributed by atoms with Gasteiger partial charge in [0.05, 0.1) is 5.02 Å². The lowest BCUT2D eigenvalue weighted by molar-refractivity contribution is -0.134. The summed E-state index contributed by atoms with van der Waals surface area (Å²) in [4.78, 5) is 14.1. The largest absolute Gasteiger partial charge is 0.482 e. The summed E-state index contributed by atoms with van der Waals surface area (Å²) in [6, 6.07) is 15.7. The minimum atomic E-state index is -0.0360. The number of nitrogens with two attached hydrogens (primary N) is 1. The Bertz CT molecular complexity index is 710. The van der Waals surface area contributed by atoms with Crippen molar-refractivity contribution >= 4 is 29.9 Å². The maximum Gasteiger partial charge on any atom is 0.260 e. The molecule has 1 heterocycles. The van der Waals surface area contributed by atoms with E-state index in [1.807, 2.05) is 53.4 Å². The van der Waals surface area contributed by atoms with E-state index in [1.54, 1.807) is 0 Å². The summed E-state index contributed by atoms with van der Waals surface area (Å²) in [5, 5.41) is 0.501. The molecule has 0 aromatic heterocycles. The Labute approximate surface area is 159 Å². The molecule has 25 heavy (non-hydrogen) atoms. The SMILES string of the molecule is Cl.NCC1CCCN1C(=O)COc1ccc(-c2ccccc2)cc1Cl.